The fourth-order valence-electron chi connectivity index (χ4n) is 8.37. The molecule has 2 fully saturated rings. The van der Waals surface area contributed by atoms with Gasteiger partial charge in [0.25, 0.3) is 0 Å². The Morgan fingerprint density at radius 2 is 0.939 bits per heavy atom. The van der Waals surface area contributed by atoms with Crippen molar-refractivity contribution in [2.75, 3.05) is 33.0 Å². The Kier molecular flexibility index (Phi) is 36.9. The second kappa shape index (κ2) is 40.2. The number of hydrogen-bond donors (Lipinski definition) is 7. The third-order valence-electron chi connectivity index (χ3n) is 12.7. The molecular weight excluding hydrogens is 849 g/mol. The minimum absolute atomic E-state index is 0.0642. The zero-order valence-corrected chi connectivity index (χ0v) is 41.2. The Balaban J connectivity index is 1.61. The molecule has 14 heteroatoms. The lowest BCUT2D eigenvalue weighted by atomic mass is 9.98. The minimum Gasteiger partial charge on any atom is -0.457 e. The molecule has 2 rings (SSSR count). The van der Waals surface area contributed by atoms with Crippen LogP contribution in [-0.2, 0) is 33.2 Å². The van der Waals surface area contributed by atoms with Gasteiger partial charge in [-0.3, -0.25) is 4.79 Å². The van der Waals surface area contributed by atoms with Crippen LogP contribution in [0.5, 0.6) is 0 Å². The second-order valence-electron chi connectivity index (χ2n) is 18.7. The molecule has 14 nitrogen and oxygen atoms in total. The minimum atomic E-state index is -1.70. The van der Waals surface area contributed by atoms with E-state index in [1.54, 1.807) is 0 Å². The Morgan fingerprint density at radius 1 is 0.500 bits per heavy atom. The maximum Gasteiger partial charge on any atom is 0.306 e. The smallest absolute Gasteiger partial charge is 0.306 e. The third kappa shape index (κ3) is 27.6. The molecule has 0 spiro atoms. The monoisotopic (exact) mass is 945 g/mol. The van der Waals surface area contributed by atoms with Crippen molar-refractivity contribution >= 4 is 5.97 Å². The average Bonchev–Trinajstić information content (AvgIpc) is 3.31. The van der Waals surface area contributed by atoms with E-state index in [4.69, 9.17) is 28.4 Å². The molecule has 0 saturated carbocycles. The summed E-state index contributed by atoms with van der Waals surface area (Å²) in [5, 5.41) is 71.9. The van der Waals surface area contributed by atoms with Crippen molar-refractivity contribution in [3.8, 4) is 0 Å². The van der Waals surface area contributed by atoms with Crippen LogP contribution in [-0.4, -0.2) is 142 Å². The molecule has 66 heavy (non-hydrogen) atoms. The number of rotatable bonds is 42. The maximum atomic E-state index is 12.8. The molecule has 2 heterocycles. The van der Waals surface area contributed by atoms with Gasteiger partial charge in [0.1, 0.15) is 54.9 Å². The summed E-state index contributed by atoms with van der Waals surface area (Å²) in [5.74, 6) is -0.384. The molecule has 2 aliphatic rings. The van der Waals surface area contributed by atoms with Crippen LogP contribution in [0.15, 0.2) is 24.3 Å². The molecule has 0 amide bonds. The normalized spacial score (nSPS) is 26.4. The number of carbonyl (C=O) groups excluding carboxylic acids is 1. The van der Waals surface area contributed by atoms with E-state index >= 15 is 0 Å². The molecule has 11 atom stereocenters. The lowest BCUT2D eigenvalue weighted by Gasteiger charge is -2.42. The van der Waals surface area contributed by atoms with E-state index in [9.17, 15) is 40.5 Å². The van der Waals surface area contributed by atoms with Gasteiger partial charge in [0.15, 0.2) is 12.6 Å². The van der Waals surface area contributed by atoms with Crippen LogP contribution in [0.2, 0.25) is 0 Å². The first-order valence-electron chi connectivity index (χ1n) is 26.4. The molecular formula is C52H96O14. The summed E-state index contributed by atoms with van der Waals surface area (Å²) >= 11 is 0. The third-order valence-corrected chi connectivity index (χ3v) is 12.7. The van der Waals surface area contributed by atoms with Gasteiger partial charge in [-0.05, 0) is 44.9 Å². The highest BCUT2D eigenvalue weighted by molar-refractivity contribution is 5.69. The summed E-state index contributed by atoms with van der Waals surface area (Å²) < 4.78 is 34.1. The van der Waals surface area contributed by atoms with Gasteiger partial charge in [-0.2, -0.15) is 0 Å². The standard InChI is InChI=1S/C52H96O14/c1-3-5-7-9-11-12-13-14-15-16-17-18-19-20-21-22-23-24-25-26-27-28-29-30-32-34-36-61-38-41(64-44(54)35-33-31-10-8-6-4-2)39-62-51-50(60)48(58)46(56)43(66-51)40-63-52-49(59)47(57)45(55)42(37-53)65-52/h13-14,16-17,41-43,45-53,55-60H,3-12,15,18-40H2,1-2H3/b14-13-,17-16-. The highest BCUT2D eigenvalue weighted by atomic mass is 16.7. The van der Waals surface area contributed by atoms with Crippen molar-refractivity contribution < 1.29 is 69.0 Å². The van der Waals surface area contributed by atoms with Crippen LogP contribution < -0.4 is 0 Å². The van der Waals surface area contributed by atoms with Crippen LogP contribution in [0.25, 0.3) is 0 Å². The summed E-state index contributed by atoms with van der Waals surface area (Å²) in [6.45, 7) is 3.62. The zero-order valence-electron chi connectivity index (χ0n) is 41.2. The van der Waals surface area contributed by atoms with Crippen LogP contribution in [0.4, 0.5) is 0 Å². The van der Waals surface area contributed by atoms with Crippen molar-refractivity contribution in [2.45, 2.75) is 268 Å². The molecule has 11 unspecified atom stereocenters. The van der Waals surface area contributed by atoms with Crippen LogP contribution in [0.3, 0.4) is 0 Å². The molecule has 0 bridgehead atoms. The number of hydrogen-bond acceptors (Lipinski definition) is 14. The highest BCUT2D eigenvalue weighted by Crippen LogP contribution is 2.26. The first-order chi connectivity index (χ1) is 32.1. The first kappa shape index (κ1) is 60.6. The van der Waals surface area contributed by atoms with Gasteiger partial charge in [0.2, 0.25) is 0 Å². The van der Waals surface area contributed by atoms with Gasteiger partial charge >= 0.3 is 5.97 Å². The molecule has 388 valence electrons. The predicted octanol–water partition coefficient (Wildman–Crippen LogP) is 8.02. The number of aliphatic hydroxyl groups is 7. The Bertz CT molecular complexity index is 1190. The van der Waals surface area contributed by atoms with E-state index in [1.807, 2.05) is 0 Å². The van der Waals surface area contributed by atoms with Crippen molar-refractivity contribution in [1.29, 1.82) is 0 Å². The Labute approximate surface area is 398 Å². The summed E-state index contributed by atoms with van der Waals surface area (Å²) in [4.78, 5) is 12.8. The molecule has 0 aliphatic carbocycles. The van der Waals surface area contributed by atoms with E-state index < -0.39 is 80.7 Å². The zero-order chi connectivity index (χ0) is 48.0. The van der Waals surface area contributed by atoms with E-state index in [2.05, 4.69) is 38.2 Å². The van der Waals surface area contributed by atoms with Gasteiger partial charge in [0, 0.05) is 13.0 Å². The maximum absolute atomic E-state index is 12.8. The number of unbranched alkanes of at least 4 members (excludes halogenated alkanes) is 24. The van der Waals surface area contributed by atoms with Gasteiger partial charge in [-0.1, -0.05) is 173 Å². The van der Waals surface area contributed by atoms with Gasteiger partial charge < -0.3 is 64.2 Å². The molecule has 0 radical (unpaired) electrons. The van der Waals surface area contributed by atoms with Gasteiger partial charge in [0.05, 0.1) is 26.4 Å². The first-order valence-corrected chi connectivity index (χ1v) is 26.4. The second-order valence-corrected chi connectivity index (χ2v) is 18.7. The summed E-state index contributed by atoms with van der Waals surface area (Å²) in [5.41, 5.74) is 0. The quantitative estimate of drug-likeness (QED) is 0.0175. The number of aliphatic hydroxyl groups excluding tert-OH is 7. The van der Waals surface area contributed by atoms with Crippen LogP contribution >= 0.6 is 0 Å². The van der Waals surface area contributed by atoms with Crippen LogP contribution in [0.1, 0.15) is 200 Å². The van der Waals surface area contributed by atoms with E-state index in [-0.39, 0.29) is 25.6 Å². The average molecular weight is 945 g/mol. The molecule has 0 aromatic rings. The number of allylic oxidation sites excluding steroid dienone is 4. The van der Waals surface area contributed by atoms with E-state index in [0.29, 0.717) is 13.0 Å². The van der Waals surface area contributed by atoms with E-state index in [1.165, 1.54) is 122 Å². The summed E-state index contributed by atoms with van der Waals surface area (Å²) in [6, 6.07) is 0. The van der Waals surface area contributed by atoms with Gasteiger partial charge in [-0.15, -0.1) is 0 Å². The fraction of sp³-hybridized carbons (Fsp3) is 0.904. The molecule has 2 saturated heterocycles. The van der Waals surface area contributed by atoms with Crippen molar-refractivity contribution in [3.63, 3.8) is 0 Å². The lowest BCUT2D eigenvalue weighted by Crippen LogP contribution is -2.61. The molecule has 7 N–H and O–H groups in total. The number of esters is 1. The predicted molar refractivity (Wildman–Crippen MR) is 257 cm³/mol. The lowest BCUT2D eigenvalue weighted by molar-refractivity contribution is -0.332. The molecule has 2 aliphatic heterocycles. The summed E-state index contributed by atoms with van der Waals surface area (Å²) in [6.07, 6.45) is 27.3. The van der Waals surface area contributed by atoms with Crippen LogP contribution in [0, 0.1) is 0 Å². The van der Waals surface area contributed by atoms with Gasteiger partial charge in [-0.25, -0.2) is 0 Å². The van der Waals surface area contributed by atoms with Crippen molar-refractivity contribution in [1.82, 2.24) is 0 Å². The number of ether oxygens (including phenoxy) is 6. The fourth-order valence-corrected chi connectivity index (χ4v) is 8.37. The molecule has 0 aromatic heterocycles. The Morgan fingerprint density at radius 3 is 1.45 bits per heavy atom. The molecule has 0 aromatic carbocycles. The summed E-state index contributed by atoms with van der Waals surface area (Å²) in [7, 11) is 0. The van der Waals surface area contributed by atoms with E-state index in [0.717, 1.165) is 51.4 Å². The van der Waals surface area contributed by atoms with Crippen molar-refractivity contribution in [2.24, 2.45) is 0 Å². The van der Waals surface area contributed by atoms with Crippen molar-refractivity contribution in [3.05, 3.63) is 24.3 Å². The SMILES string of the molecule is CCCCCCC/C=C\C/C=C\CCCCCCCCCCCCCCCCOCC(COC1OC(COC2OC(CO)C(O)C(O)C2O)C(O)C(O)C1O)OC(=O)CCCCCCCC. The highest BCUT2D eigenvalue weighted by Gasteiger charge is 2.47. The topological polar surface area (TPSA) is 214 Å². The largest absolute Gasteiger partial charge is 0.457 e. The Hall–Kier alpha value is -1.53. The number of carbonyl (C=O) groups is 1.